The Morgan fingerprint density at radius 1 is 1.25 bits per heavy atom. The molecule has 2 heterocycles. The molecule has 1 fully saturated rings. The highest BCUT2D eigenvalue weighted by molar-refractivity contribution is 5.99. The lowest BCUT2D eigenvalue weighted by molar-refractivity contribution is 0.0594. The van der Waals surface area contributed by atoms with Crippen LogP contribution in [0.2, 0.25) is 0 Å². The number of carbonyl (C=O) groups excluding carboxylic acids is 1. The first-order chi connectivity index (χ1) is 11.5. The predicted octanol–water partition coefficient (Wildman–Crippen LogP) is 3.16. The Balaban J connectivity index is 1.76. The van der Waals surface area contributed by atoms with Gasteiger partial charge in [0, 0.05) is 43.7 Å². The van der Waals surface area contributed by atoms with Crippen molar-refractivity contribution < 1.29 is 13.9 Å². The summed E-state index contributed by atoms with van der Waals surface area (Å²) in [6, 6.07) is 5.63. The molecule has 24 heavy (non-hydrogen) atoms. The summed E-state index contributed by atoms with van der Waals surface area (Å²) in [4.78, 5) is 17.2. The van der Waals surface area contributed by atoms with Crippen LogP contribution in [0.1, 0.15) is 30.0 Å². The molecule has 5 nitrogen and oxygen atoms in total. The maximum absolute atomic E-state index is 12.9. The fourth-order valence-electron chi connectivity index (χ4n) is 3.32. The van der Waals surface area contributed by atoms with Gasteiger partial charge in [-0.2, -0.15) is 0 Å². The topological polar surface area (TPSA) is 45.9 Å². The number of amides is 1. The molecular formula is C19H26N2O3. The minimum atomic E-state index is -0.00753. The van der Waals surface area contributed by atoms with Crippen molar-refractivity contribution in [2.45, 2.75) is 20.8 Å². The minimum Gasteiger partial charge on any atom is -0.497 e. The second-order valence-electron chi connectivity index (χ2n) is 6.90. The van der Waals surface area contributed by atoms with Crippen LogP contribution < -0.4 is 4.74 Å². The molecule has 0 unspecified atom stereocenters. The van der Waals surface area contributed by atoms with E-state index in [1.807, 2.05) is 30.0 Å². The number of benzene rings is 1. The molecule has 1 saturated heterocycles. The maximum atomic E-state index is 12.9. The van der Waals surface area contributed by atoms with Crippen LogP contribution in [0, 0.1) is 12.8 Å². The van der Waals surface area contributed by atoms with E-state index in [9.17, 15) is 4.79 Å². The van der Waals surface area contributed by atoms with Gasteiger partial charge < -0.3 is 14.1 Å². The lowest BCUT2D eigenvalue weighted by Gasteiger charge is -2.35. The van der Waals surface area contributed by atoms with Crippen LogP contribution in [-0.4, -0.2) is 55.5 Å². The highest BCUT2D eigenvalue weighted by Crippen LogP contribution is 2.29. The van der Waals surface area contributed by atoms with Crippen molar-refractivity contribution in [2.24, 2.45) is 5.92 Å². The molecule has 0 aliphatic carbocycles. The maximum Gasteiger partial charge on any atom is 0.289 e. The number of rotatable bonds is 4. The van der Waals surface area contributed by atoms with Gasteiger partial charge in [0.05, 0.1) is 7.11 Å². The quantitative estimate of drug-likeness (QED) is 0.864. The molecule has 1 amide bonds. The average molecular weight is 330 g/mol. The van der Waals surface area contributed by atoms with Crippen molar-refractivity contribution in [3.63, 3.8) is 0 Å². The third-order valence-electron chi connectivity index (χ3n) is 4.62. The van der Waals surface area contributed by atoms with Crippen LogP contribution >= 0.6 is 0 Å². The predicted molar refractivity (Wildman–Crippen MR) is 94.7 cm³/mol. The molecule has 0 saturated carbocycles. The summed E-state index contributed by atoms with van der Waals surface area (Å²) < 4.78 is 11.1. The van der Waals surface area contributed by atoms with Gasteiger partial charge in [0.2, 0.25) is 0 Å². The van der Waals surface area contributed by atoms with Gasteiger partial charge in [-0.3, -0.25) is 9.69 Å². The first-order valence-electron chi connectivity index (χ1n) is 8.58. The Labute approximate surface area is 143 Å². The number of hydrogen-bond donors (Lipinski definition) is 0. The van der Waals surface area contributed by atoms with Crippen LogP contribution in [0.4, 0.5) is 0 Å². The Kier molecular flexibility index (Phi) is 4.81. The number of furan rings is 1. The lowest BCUT2D eigenvalue weighted by atomic mass is 10.1. The zero-order valence-electron chi connectivity index (χ0n) is 15.0. The first-order valence-corrected chi connectivity index (χ1v) is 8.58. The van der Waals surface area contributed by atoms with E-state index in [1.54, 1.807) is 7.11 Å². The SMILES string of the molecule is COc1ccc2oc(C(=O)N3CCN(CC(C)C)CC3)c(C)c2c1. The molecule has 0 radical (unpaired) electrons. The average Bonchev–Trinajstić information content (AvgIpc) is 2.90. The van der Waals surface area contributed by atoms with Crippen LogP contribution in [0.5, 0.6) is 5.75 Å². The van der Waals surface area contributed by atoms with Gasteiger partial charge in [-0.05, 0) is 31.0 Å². The number of hydrogen-bond acceptors (Lipinski definition) is 4. The van der Waals surface area contributed by atoms with Gasteiger partial charge in [0.15, 0.2) is 5.76 Å². The van der Waals surface area contributed by atoms with Crippen molar-refractivity contribution in [1.82, 2.24) is 9.80 Å². The van der Waals surface area contributed by atoms with Crippen LogP contribution in [-0.2, 0) is 0 Å². The smallest absolute Gasteiger partial charge is 0.289 e. The normalized spacial score (nSPS) is 16.1. The van der Waals surface area contributed by atoms with E-state index in [4.69, 9.17) is 9.15 Å². The first kappa shape index (κ1) is 16.8. The van der Waals surface area contributed by atoms with E-state index in [0.29, 0.717) is 11.7 Å². The molecule has 0 bridgehead atoms. The van der Waals surface area contributed by atoms with Gasteiger partial charge in [-0.1, -0.05) is 13.8 Å². The van der Waals surface area contributed by atoms with Gasteiger partial charge in [-0.15, -0.1) is 0 Å². The lowest BCUT2D eigenvalue weighted by Crippen LogP contribution is -2.49. The standard InChI is InChI=1S/C19H26N2O3/c1-13(2)12-20-7-9-21(10-8-20)19(22)18-14(3)16-11-15(23-4)5-6-17(16)24-18/h5-6,11,13H,7-10,12H2,1-4H3. The molecule has 0 atom stereocenters. The fraction of sp³-hybridized carbons (Fsp3) is 0.526. The van der Waals surface area contributed by atoms with Crippen molar-refractivity contribution in [2.75, 3.05) is 39.8 Å². The molecule has 3 rings (SSSR count). The summed E-state index contributed by atoms with van der Waals surface area (Å²) in [5, 5.41) is 0.941. The van der Waals surface area contributed by atoms with E-state index in [-0.39, 0.29) is 5.91 Å². The molecule has 0 N–H and O–H groups in total. The van der Waals surface area contributed by atoms with Crippen molar-refractivity contribution in [3.8, 4) is 5.75 Å². The number of carbonyl (C=O) groups is 1. The Bertz CT molecular complexity index is 728. The molecule has 0 spiro atoms. The summed E-state index contributed by atoms with van der Waals surface area (Å²) in [7, 11) is 1.64. The zero-order valence-corrected chi connectivity index (χ0v) is 15.0. The van der Waals surface area contributed by atoms with Gasteiger partial charge >= 0.3 is 0 Å². The Morgan fingerprint density at radius 2 is 1.96 bits per heavy atom. The van der Waals surface area contributed by atoms with Crippen molar-refractivity contribution in [1.29, 1.82) is 0 Å². The van der Waals surface area contributed by atoms with Gasteiger partial charge in [0.25, 0.3) is 5.91 Å². The minimum absolute atomic E-state index is 0.00753. The van der Waals surface area contributed by atoms with Gasteiger partial charge in [-0.25, -0.2) is 0 Å². The molecule has 2 aromatic rings. The number of fused-ring (bicyclic) bond motifs is 1. The molecule has 1 aromatic carbocycles. The number of methoxy groups -OCH3 is 1. The molecular weight excluding hydrogens is 304 g/mol. The van der Waals surface area contributed by atoms with E-state index < -0.39 is 0 Å². The molecule has 1 aliphatic rings. The van der Waals surface area contributed by atoms with Crippen LogP contribution in [0.3, 0.4) is 0 Å². The number of piperazine rings is 1. The van der Waals surface area contributed by atoms with Crippen molar-refractivity contribution >= 4 is 16.9 Å². The number of aryl methyl sites for hydroxylation is 1. The van der Waals surface area contributed by atoms with E-state index in [0.717, 1.165) is 55.0 Å². The summed E-state index contributed by atoms with van der Waals surface area (Å²) in [5.74, 6) is 1.87. The van der Waals surface area contributed by atoms with Gasteiger partial charge in [0.1, 0.15) is 11.3 Å². The summed E-state index contributed by atoms with van der Waals surface area (Å²) in [5.41, 5.74) is 1.62. The zero-order chi connectivity index (χ0) is 17.3. The third-order valence-corrected chi connectivity index (χ3v) is 4.62. The van der Waals surface area contributed by atoms with Crippen LogP contribution in [0.15, 0.2) is 22.6 Å². The molecule has 1 aromatic heterocycles. The highest BCUT2D eigenvalue weighted by Gasteiger charge is 2.26. The number of ether oxygens (including phenoxy) is 1. The second-order valence-corrected chi connectivity index (χ2v) is 6.90. The summed E-state index contributed by atoms with van der Waals surface area (Å²) >= 11 is 0. The van der Waals surface area contributed by atoms with Crippen LogP contribution in [0.25, 0.3) is 11.0 Å². The Hall–Kier alpha value is -2.01. The highest BCUT2D eigenvalue weighted by atomic mass is 16.5. The summed E-state index contributed by atoms with van der Waals surface area (Å²) in [6.45, 7) is 10.8. The molecule has 1 aliphatic heterocycles. The van der Waals surface area contributed by atoms with E-state index in [1.165, 1.54) is 0 Å². The fourth-order valence-corrected chi connectivity index (χ4v) is 3.32. The largest absolute Gasteiger partial charge is 0.497 e. The second kappa shape index (κ2) is 6.85. The van der Waals surface area contributed by atoms with E-state index >= 15 is 0 Å². The monoisotopic (exact) mass is 330 g/mol. The van der Waals surface area contributed by atoms with Crippen molar-refractivity contribution in [3.05, 3.63) is 29.5 Å². The molecule has 5 heteroatoms. The molecule has 130 valence electrons. The third kappa shape index (κ3) is 3.26. The Morgan fingerprint density at radius 3 is 2.58 bits per heavy atom. The number of nitrogens with zero attached hydrogens (tertiary/aromatic N) is 2. The van der Waals surface area contributed by atoms with E-state index in [2.05, 4.69) is 18.7 Å². The summed E-state index contributed by atoms with van der Waals surface area (Å²) in [6.07, 6.45) is 0.